The molecule has 1 aliphatic carbocycles. The zero-order valence-corrected chi connectivity index (χ0v) is 12.9. The molecule has 0 radical (unpaired) electrons. The van der Waals surface area contributed by atoms with Gasteiger partial charge in [0, 0.05) is 24.9 Å². The van der Waals surface area contributed by atoms with Crippen molar-refractivity contribution >= 4 is 5.91 Å². The number of pyridine rings is 1. The average Bonchev–Trinajstić information content (AvgIpc) is 3.20. The van der Waals surface area contributed by atoms with E-state index >= 15 is 0 Å². The van der Waals surface area contributed by atoms with Gasteiger partial charge in [0.1, 0.15) is 6.10 Å². The van der Waals surface area contributed by atoms with Crippen LogP contribution in [0, 0.1) is 0 Å². The summed E-state index contributed by atoms with van der Waals surface area (Å²) in [5, 5.41) is 2.95. The molecule has 0 bridgehead atoms. The van der Waals surface area contributed by atoms with Gasteiger partial charge in [-0.3, -0.25) is 4.79 Å². The van der Waals surface area contributed by atoms with E-state index in [0.717, 1.165) is 37.9 Å². The summed E-state index contributed by atoms with van der Waals surface area (Å²) in [6, 6.07) is 3.84. The summed E-state index contributed by atoms with van der Waals surface area (Å²) in [5.74, 6) is 0.689. The standard InChI is InChI=1S/C17H24N2O3/c20-16(11-15-8-4-10-21-15)19-12-13-5-3-9-18-17(13)22-14-6-1-2-7-14/h3,5,9,14-15H,1-2,4,6-8,10-12H2,(H,19,20)/t15-/m1/s1. The maximum absolute atomic E-state index is 12.0. The van der Waals surface area contributed by atoms with Gasteiger partial charge in [-0.25, -0.2) is 4.98 Å². The molecule has 0 unspecified atom stereocenters. The van der Waals surface area contributed by atoms with Crippen molar-refractivity contribution in [3.05, 3.63) is 23.9 Å². The van der Waals surface area contributed by atoms with Gasteiger partial charge in [-0.2, -0.15) is 0 Å². The Morgan fingerprint density at radius 1 is 1.32 bits per heavy atom. The molecule has 5 nitrogen and oxygen atoms in total. The summed E-state index contributed by atoms with van der Waals surface area (Å²) in [5.41, 5.74) is 0.940. The summed E-state index contributed by atoms with van der Waals surface area (Å²) < 4.78 is 11.5. The van der Waals surface area contributed by atoms with Crippen LogP contribution in [0.3, 0.4) is 0 Å². The topological polar surface area (TPSA) is 60.5 Å². The molecule has 2 heterocycles. The number of nitrogens with one attached hydrogen (secondary N) is 1. The molecule has 0 aromatic carbocycles. The molecule has 1 N–H and O–H groups in total. The zero-order valence-electron chi connectivity index (χ0n) is 12.9. The second kappa shape index (κ2) is 7.58. The van der Waals surface area contributed by atoms with Crippen molar-refractivity contribution in [2.45, 2.75) is 63.7 Å². The lowest BCUT2D eigenvalue weighted by molar-refractivity contribution is -0.123. The van der Waals surface area contributed by atoms with Crippen molar-refractivity contribution in [3.63, 3.8) is 0 Å². The van der Waals surface area contributed by atoms with Gasteiger partial charge in [-0.1, -0.05) is 6.07 Å². The molecule has 3 rings (SSSR count). The Balaban J connectivity index is 1.51. The third kappa shape index (κ3) is 4.19. The molecule has 5 heteroatoms. The minimum atomic E-state index is 0.0302. The molecule has 22 heavy (non-hydrogen) atoms. The summed E-state index contributed by atoms with van der Waals surface area (Å²) in [7, 11) is 0. The fraction of sp³-hybridized carbons (Fsp3) is 0.647. The van der Waals surface area contributed by atoms with Crippen LogP contribution < -0.4 is 10.1 Å². The first kappa shape index (κ1) is 15.3. The van der Waals surface area contributed by atoms with Crippen molar-refractivity contribution in [3.8, 4) is 5.88 Å². The fourth-order valence-corrected chi connectivity index (χ4v) is 3.11. The number of ether oxygens (including phenoxy) is 2. The van der Waals surface area contributed by atoms with E-state index in [4.69, 9.17) is 9.47 Å². The molecular formula is C17H24N2O3. The highest BCUT2D eigenvalue weighted by atomic mass is 16.5. The molecule has 1 amide bonds. The second-order valence-corrected chi connectivity index (χ2v) is 6.11. The third-order valence-electron chi connectivity index (χ3n) is 4.34. The van der Waals surface area contributed by atoms with E-state index in [1.165, 1.54) is 12.8 Å². The minimum Gasteiger partial charge on any atom is -0.474 e. The lowest BCUT2D eigenvalue weighted by Gasteiger charge is -2.16. The largest absolute Gasteiger partial charge is 0.474 e. The van der Waals surface area contributed by atoms with Crippen LogP contribution in [-0.4, -0.2) is 29.7 Å². The van der Waals surface area contributed by atoms with E-state index in [1.807, 2.05) is 12.1 Å². The number of carbonyl (C=O) groups excluding carboxylic acids is 1. The molecule has 1 aromatic rings. The normalized spacial score (nSPS) is 21.9. The average molecular weight is 304 g/mol. The molecular weight excluding hydrogens is 280 g/mol. The van der Waals surface area contributed by atoms with Crippen LogP contribution in [0.15, 0.2) is 18.3 Å². The van der Waals surface area contributed by atoms with E-state index in [-0.39, 0.29) is 18.1 Å². The van der Waals surface area contributed by atoms with E-state index in [2.05, 4.69) is 10.3 Å². The first-order chi connectivity index (χ1) is 10.8. The molecule has 1 aliphatic heterocycles. The summed E-state index contributed by atoms with van der Waals surface area (Å²) >= 11 is 0. The maximum Gasteiger partial charge on any atom is 0.222 e. The van der Waals surface area contributed by atoms with Gasteiger partial charge in [-0.15, -0.1) is 0 Å². The predicted octanol–water partition coefficient (Wildman–Crippen LogP) is 2.59. The smallest absolute Gasteiger partial charge is 0.222 e. The molecule has 120 valence electrons. The Kier molecular flexibility index (Phi) is 5.27. The number of amides is 1. The summed E-state index contributed by atoms with van der Waals surface area (Å²) in [6.07, 6.45) is 9.23. The SMILES string of the molecule is O=C(C[C@H]1CCCO1)NCc1cccnc1OC1CCCC1. The van der Waals surface area contributed by atoms with E-state index in [9.17, 15) is 4.79 Å². The van der Waals surface area contributed by atoms with E-state index in [1.54, 1.807) is 6.20 Å². The molecule has 1 saturated heterocycles. The van der Waals surface area contributed by atoms with Gasteiger partial charge in [0.15, 0.2) is 0 Å². The minimum absolute atomic E-state index is 0.0302. The monoisotopic (exact) mass is 304 g/mol. The molecule has 2 fully saturated rings. The highest BCUT2D eigenvalue weighted by Gasteiger charge is 2.20. The van der Waals surface area contributed by atoms with Crippen LogP contribution in [-0.2, 0) is 16.1 Å². The maximum atomic E-state index is 12.0. The molecule has 1 atom stereocenters. The number of hydrogen-bond acceptors (Lipinski definition) is 4. The second-order valence-electron chi connectivity index (χ2n) is 6.11. The molecule has 0 spiro atoms. The van der Waals surface area contributed by atoms with Crippen LogP contribution in [0.2, 0.25) is 0 Å². The number of rotatable bonds is 6. The molecule has 2 aliphatic rings. The third-order valence-corrected chi connectivity index (χ3v) is 4.34. The molecule has 1 aromatic heterocycles. The first-order valence-electron chi connectivity index (χ1n) is 8.30. The van der Waals surface area contributed by atoms with Gasteiger partial charge < -0.3 is 14.8 Å². The highest BCUT2D eigenvalue weighted by molar-refractivity contribution is 5.76. The van der Waals surface area contributed by atoms with Crippen LogP contribution in [0.4, 0.5) is 0 Å². The number of hydrogen-bond donors (Lipinski definition) is 1. The number of aromatic nitrogens is 1. The van der Waals surface area contributed by atoms with Crippen molar-refractivity contribution in [1.82, 2.24) is 10.3 Å². The Labute approximate surface area is 131 Å². The van der Waals surface area contributed by atoms with Gasteiger partial charge in [0.05, 0.1) is 12.5 Å². The molecule has 1 saturated carbocycles. The highest BCUT2D eigenvalue weighted by Crippen LogP contribution is 2.25. The van der Waals surface area contributed by atoms with Crippen molar-refractivity contribution in [2.24, 2.45) is 0 Å². The van der Waals surface area contributed by atoms with Crippen LogP contribution in [0.1, 0.15) is 50.5 Å². The van der Waals surface area contributed by atoms with Crippen LogP contribution in [0.5, 0.6) is 5.88 Å². The van der Waals surface area contributed by atoms with Gasteiger partial charge in [-0.05, 0) is 44.6 Å². The predicted molar refractivity (Wildman–Crippen MR) is 82.6 cm³/mol. The lowest BCUT2D eigenvalue weighted by Crippen LogP contribution is -2.27. The Hall–Kier alpha value is -1.62. The fourth-order valence-electron chi connectivity index (χ4n) is 3.11. The van der Waals surface area contributed by atoms with Crippen molar-refractivity contribution in [1.29, 1.82) is 0 Å². The summed E-state index contributed by atoms with van der Waals surface area (Å²) in [6.45, 7) is 1.24. The van der Waals surface area contributed by atoms with E-state index < -0.39 is 0 Å². The van der Waals surface area contributed by atoms with E-state index in [0.29, 0.717) is 18.8 Å². The van der Waals surface area contributed by atoms with Crippen molar-refractivity contribution in [2.75, 3.05) is 6.61 Å². The Morgan fingerprint density at radius 2 is 2.18 bits per heavy atom. The Morgan fingerprint density at radius 3 is 2.95 bits per heavy atom. The summed E-state index contributed by atoms with van der Waals surface area (Å²) in [4.78, 5) is 16.3. The quantitative estimate of drug-likeness (QED) is 0.877. The van der Waals surface area contributed by atoms with Gasteiger partial charge >= 0.3 is 0 Å². The van der Waals surface area contributed by atoms with Gasteiger partial charge in [0.25, 0.3) is 0 Å². The van der Waals surface area contributed by atoms with Gasteiger partial charge in [0.2, 0.25) is 11.8 Å². The van der Waals surface area contributed by atoms with Crippen LogP contribution >= 0.6 is 0 Å². The lowest BCUT2D eigenvalue weighted by atomic mass is 10.1. The number of nitrogens with zero attached hydrogens (tertiary/aromatic N) is 1. The number of carbonyl (C=O) groups is 1. The zero-order chi connectivity index (χ0) is 15.2. The van der Waals surface area contributed by atoms with Crippen molar-refractivity contribution < 1.29 is 14.3 Å². The first-order valence-corrected chi connectivity index (χ1v) is 8.30. The Bertz CT molecular complexity index is 494. The van der Waals surface area contributed by atoms with Crippen LogP contribution in [0.25, 0.3) is 0 Å².